The molecule has 0 bridgehead atoms. The Kier molecular flexibility index (Phi) is 5.52. The highest BCUT2D eigenvalue weighted by Gasteiger charge is 2.33. The lowest BCUT2D eigenvalue weighted by Gasteiger charge is -2.29. The van der Waals surface area contributed by atoms with Crippen molar-refractivity contribution in [2.75, 3.05) is 0 Å². The molecule has 5 heteroatoms. The maximum absolute atomic E-state index is 11.9. The molecule has 18 heavy (non-hydrogen) atoms. The van der Waals surface area contributed by atoms with E-state index in [9.17, 15) is 9.59 Å². The largest absolute Gasteiger partial charge is 0.444 e. The first kappa shape index (κ1) is 16.6. The first-order chi connectivity index (χ1) is 8.05. The summed E-state index contributed by atoms with van der Waals surface area (Å²) in [5.41, 5.74) is -1.19. The van der Waals surface area contributed by atoms with Crippen LogP contribution < -0.4 is 5.32 Å². The number of carbonyl (C=O) groups is 2. The molecule has 2 N–H and O–H groups in total. The Labute approximate surface area is 109 Å². The predicted octanol–water partition coefficient (Wildman–Crippen LogP) is 2.74. The second-order valence-corrected chi connectivity index (χ2v) is 5.72. The smallest absolute Gasteiger partial charge is 0.414 e. The molecule has 2 amide bonds. The fourth-order valence-electron chi connectivity index (χ4n) is 1.35. The van der Waals surface area contributed by atoms with Crippen LogP contribution in [0, 0.1) is 16.7 Å². The van der Waals surface area contributed by atoms with Crippen molar-refractivity contribution in [2.45, 2.75) is 53.6 Å². The first-order valence-corrected chi connectivity index (χ1v) is 6.11. The third kappa shape index (κ3) is 4.85. The monoisotopic (exact) mass is 256 g/mol. The van der Waals surface area contributed by atoms with Gasteiger partial charge in [0.15, 0.2) is 0 Å². The molecule has 0 aromatic carbocycles. The summed E-state index contributed by atoms with van der Waals surface area (Å²) in [7, 11) is 0. The molecule has 0 aromatic rings. The van der Waals surface area contributed by atoms with Gasteiger partial charge in [-0.25, -0.2) is 4.79 Å². The van der Waals surface area contributed by atoms with Gasteiger partial charge in [0.2, 0.25) is 5.91 Å². The van der Waals surface area contributed by atoms with E-state index >= 15 is 0 Å². The fraction of sp³-hybridized carbons (Fsp3) is 0.769. The van der Waals surface area contributed by atoms with Gasteiger partial charge in [0.25, 0.3) is 0 Å². The van der Waals surface area contributed by atoms with E-state index in [1.54, 1.807) is 27.7 Å². The molecule has 0 aliphatic rings. The lowest BCUT2D eigenvalue weighted by molar-refractivity contribution is -0.126. The summed E-state index contributed by atoms with van der Waals surface area (Å²) in [6, 6.07) is 0. The summed E-state index contributed by atoms with van der Waals surface area (Å²) in [4.78, 5) is 23.4. The zero-order valence-electron chi connectivity index (χ0n) is 12.1. The average Bonchev–Trinajstić information content (AvgIpc) is 2.24. The van der Waals surface area contributed by atoms with Crippen molar-refractivity contribution in [2.24, 2.45) is 11.3 Å². The standard InChI is InChI=1S/C13H24N2O3/c1-7-13(6,8-14)9(2)10(16)15-11(17)18-12(3,4)5/h8-9,14H,7H2,1-6H3,(H,15,16,17)/t9?,13-/m1/s1. The van der Waals surface area contributed by atoms with Gasteiger partial charge >= 0.3 is 6.09 Å². The second kappa shape index (κ2) is 5.98. The quantitative estimate of drug-likeness (QED) is 0.759. The highest BCUT2D eigenvalue weighted by Crippen LogP contribution is 2.28. The number of imide groups is 1. The number of ether oxygens (including phenoxy) is 1. The van der Waals surface area contributed by atoms with E-state index in [1.807, 2.05) is 13.8 Å². The van der Waals surface area contributed by atoms with E-state index in [1.165, 1.54) is 6.21 Å². The molecule has 0 rings (SSSR count). The van der Waals surface area contributed by atoms with Crippen molar-refractivity contribution in [1.82, 2.24) is 5.32 Å². The minimum absolute atomic E-state index is 0.419. The molecule has 0 radical (unpaired) electrons. The molecule has 0 heterocycles. The molecule has 1 unspecified atom stereocenters. The SMILES string of the molecule is CC[C@](C)(C=N)C(C)C(=O)NC(=O)OC(C)(C)C. The van der Waals surface area contributed by atoms with Gasteiger partial charge in [0.05, 0.1) is 0 Å². The van der Waals surface area contributed by atoms with E-state index in [2.05, 4.69) is 5.32 Å². The molecule has 2 atom stereocenters. The van der Waals surface area contributed by atoms with E-state index in [4.69, 9.17) is 10.1 Å². The van der Waals surface area contributed by atoms with Gasteiger partial charge < -0.3 is 10.1 Å². The molecule has 0 fully saturated rings. The van der Waals surface area contributed by atoms with Gasteiger partial charge in [-0.3, -0.25) is 10.1 Å². The van der Waals surface area contributed by atoms with Crippen molar-refractivity contribution in [1.29, 1.82) is 5.41 Å². The molecule has 0 aliphatic heterocycles. The molecule has 5 nitrogen and oxygen atoms in total. The topological polar surface area (TPSA) is 79.3 Å². The van der Waals surface area contributed by atoms with E-state index in [-0.39, 0.29) is 0 Å². The molecule has 0 spiro atoms. The van der Waals surface area contributed by atoms with Crippen LogP contribution in [0.15, 0.2) is 0 Å². The number of carbonyl (C=O) groups excluding carboxylic acids is 2. The summed E-state index contributed by atoms with van der Waals surface area (Å²) < 4.78 is 5.01. The van der Waals surface area contributed by atoms with Crippen molar-refractivity contribution < 1.29 is 14.3 Å². The molecular formula is C13H24N2O3. The van der Waals surface area contributed by atoms with E-state index in [0.717, 1.165) is 0 Å². The Morgan fingerprint density at radius 3 is 2.17 bits per heavy atom. The van der Waals surface area contributed by atoms with Crippen LogP contribution in [-0.4, -0.2) is 23.8 Å². The van der Waals surface area contributed by atoms with Crippen molar-refractivity contribution in [3.8, 4) is 0 Å². The number of amides is 2. The molecule has 0 saturated carbocycles. The van der Waals surface area contributed by atoms with Crippen molar-refractivity contribution in [3.05, 3.63) is 0 Å². The Hall–Kier alpha value is -1.39. The zero-order valence-corrected chi connectivity index (χ0v) is 12.1. The summed E-state index contributed by atoms with van der Waals surface area (Å²) in [6.07, 6.45) is 1.16. The second-order valence-electron chi connectivity index (χ2n) is 5.72. The summed E-state index contributed by atoms with van der Waals surface area (Å²) in [5.74, 6) is -0.885. The lowest BCUT2D eigenvalue weighted by atomic mass is 9.76. The summed E-state index contributed by atoms with van der Waals surface area (Å²) in [5, 5.41) is 9.59. The van der Waals surface area contributed by atoms with Crippen LogP contribution in [0.1, 0.15) is 48.0 Å². The molecule has 0 saturated heterocycles. The minimum atomic E-state index is -0.747. The van der Waals surface area contributed by atoms with E-state index in [0.29, 0.717) is 6.42 Å². The van der Waals surface area contributed by atoms with Crippen LogP contribution >= 0.6 is 0 Å². The van der Waals surface area contributed by atoms with Crippen molar-refractivity contribution >= 4 is 18.2 Å². The van der Waals surface area contributed by atoms with Crippen molar-refractivity contribution in [3.63, 3.8) is 0 Å². The van der Waals surface area contributed by atoms with Gasteiger partial charge in [0.1, 0.15) is 5.60 Å². The normalized spacial score (nSPS) is 16.3. The van der Waals surface area contributed by atoms with E-state index < -0.39 is 28.9 Å². The zero-order chi connectivity index (χ0) is 14.6. The molecular weight excluding hydrogens is 232 g/mol. The molecule has 0 aliphatic carbocycles. The third-order valence-corrected chi connectivity index (χ3v) is 3.10. The Morgan fingerprint density at radius 2 is 1.83 bits per heavy atom. The van der Waals surface area contributed by atoms with Gasteiger partial charge in [0, 0.05) is 17.5 Å². The third-order valence-electron chi connectivity index (χ3n) is 3.10. The molecule has 104 valence electrons. The van der Waals surface area contributed by atoms with Gasteiger partial charge in [-0.05, 0) is 27.2 Å². The fourth-order valence-corrected chi connectivity index (χ4v) is 1.35. The number of nitrogens with one attached hydrogen (secondary N) is 2. The van der Waals surface area contributed by atoms with Crippen LogP contribution in [0.4, 0.5) is 4.79 Å². The number of alkyl carbamates (subject to hydrolysis) is 1. The molecule has 0 aromatic heterocycles. The average molecular weight is 256 g/mol. The minimum Gasteiger partial charge on any atom is -0.444 e. The number of rotatable bonds is 4. The van der Waals surface area contributed by atoms with Crippen LogP contribution in [0.25, 0.3) is 0 Å². The summed E-state index contributed by atoms with van der Waals surface area (Å²) in [6.45, 7) is 10.6. The number of hydrogen-bond donors (Lipinski definition) is 2. The maximum Gasteiger partial charge on any atom is 0.414 e. The predicted molar refractivity (Wildman–Crippen MR) is 70.7 cm³/mol. The first-order valence-electron chi connectivity index (χ1n) is 6.11. The van der Waals surface area contributed by atoms with Crippen LogP contribution in [0.3, 0.4) is 0 Å². The Morgan fingerprint density at radius 1 is 1.33 bits per heavy atom. The van der Waals surface area contributed by atoms with Gasteiger partial charge in [-0.2, -0.15) is 0 Å². The van der Waals surface area contributed by atoms with Crippen LogP contribution in [-0.2, 0) is 9.53 Å². The van der Waals surface area contributed by atoms with Crippen LogP contribution in [0.5, 0.6) is 0 Å². The Balaban J connectivity index is 4.59. The highest BCUT2D eigenvalue weighted by molar-refractivity contribution is 5.94. The lowest BCUT2D eigenvalue weighted by Crippen LogP contribution is -2.44. The number of hydrogen-bond acceptors (Lipinski definition) is 4. The Bertz CT molecular complexity index is 334. The van der Waals surface area contributed by atoms with Gasteiger partial charge in [-0.1, -0.05) is 20.8 Å². The van der Waals surface area contributed by atoms with Crippen LogP contribution in [0.2, 0.25) is 0 Å². The summed E-state index contributed by atoms with van der Waals surface area (Å²) >= 11 is 0. The maximum atomic E-state index is 11.9. The van der Waals surface area contributed by atoms with Gasteiger partial charge in [-0.15, -0.1) is 0 Å². The highest BCUT2D eigenvalue weighted by atomic mass is 16.6.